The predicted molar refractivity (Wildman–Crippen MR) is 65.4 cm³/mol. The third-order valence-corrected chi connectivity index (χ3v) is 3.64. The number of thioether (sulfide) groups is 1. The highest BCUT2D eigenvalue weighted by Crippen LogP contribution is 2.10. The van der Waals surface area contributed by atoms with E-state index in [0.29, 0.717) is 6.42 Å². The Labute approximate surface area is 100 Å². The summed E-state index contributed by atoms with van der Waals surface area (Å²) in [6, 6.07) is 0.249. The van der Waals surface area contributed by atoms with Gasteiger partial charge in [0.15, 0.2) is 0 Å². The molecule has 16 heavy (non-hydrogen) atoms. The van der Waals surface area contributed by atoms with Gasteiger partial charge in [0, 0.05) is 44.6 Å². The quantitative estimate of drug-likeness (QED) is 0.686. The Hall–Kier alpha value is -0.750. The van der Waals surface area contributed by atoms with Crippen molar-refractivity contribution in [2.45, 2.75) is 12.5 Å². The van der Waals surface area contributed by atoms with Crippen molar-refractivity contribution in [3.8, 4) is 0 Å². The molecule has 1 rings (SSSR count). The van der Waals surface area contributed by atoms with Crippen LogP contribution in [0.3, 0.4) is 0 Å². The molecule has 5 nitrogen and oxygen atoms in total. The topological polar surface area (TPSA) is 61.4 Å². The molecule has 2 amide bonds. The number of hydrogen-bond donors (Lipinski definition) is 2. The maximum atomic E-state index is 11.8. The minimum absolute atomic E-state index is 0.0172. The number of hydrogen-bond acceptors (Lipinski definition) is 4. The molecule has 1 aliphatic heterocycles. The summed E-state index contributed by atoms with van der Waals surface area (Å²) in [5.74, 6) is 1.96. The van der Waals surface area contributed by atoms with Gasteiger partial charge in [-0.3, -0.25) is 9.59 Å². The molecule has 92 valence electrons. The fourth-order valence-electron chi connectivity index (χ4n) is 1.50. The highest BCUT2D eigenvalue weighted by atomic mass is 32.2. The third kappa shape index (κ3) is 4.40. The molecule has 1 atom stereocenters. The largest absolute Gasteiger partial charge is 0.358 e. The second kappa shape index (κ2) is 6.75. The molecule has 0 spiro atoms. The van der Waals surface area contributed by atoms with E-state index in [9.17, 15) is 9.59 Å². The third-order valence-electron chi connectivity index (χ3n) is 2.50. The molecule has 1 fully saturated rings. The van der Waals surface area contributed by atoms with Gasteiger partial charge in [-0.2, -0.15) is 11.8 Å². The zero-order valence-electron chi connectivity index (χ0n) is 9.78. The Kier molecular flexibility index (Phi) is 5.62. The molecule has 0 aromatic heterocycles. The van der Waals surface area contributed by atoms with Crippen LogP contribution in [0.5, 0.6) is 0 Å². The number of nitrogens with one attached hydrogen (secondary N) is 2. The Morgan fingerprint density at radius 1 is 1.56 bits per heavy atom. The van der Waals surface area contributed by atoms with Crippen LogP contribution in [0.1, 0.15) is 6.42 Å². The molecule has 0 aromatic rings. The van der Waals surface area contributed by atoms with E-state index >= 15 is 0 Å². The van der Waals surface area contributed by atoms with Crippen LogP contribution in [0.2, 0.25) is 0 Å². The summed E-state index contributed by atoms with van der Waals surface area (Å²) in [5, 5.41) is 5.81. The summed E-state index contributed by atoms with van der Waals surface area (Å²) in [7, 11) is 3.23. The molecule has 1 aliphatic rings. The van der Waals surface area contributed by atoms with Crippen molar-refractivity contribution in [3.63, 3.8) is 0 Å². The van der Waals surface area contributed by atoms with Crippen LogP contribution in [0, 0.1) is 0 Å². The maximum absolute atomic E-state index is 11.8. The van der Waals surface area contributed by atoms with Crippen LogP contribution in [0.25, 0.3) is 0 Å². The van der Waals surface area contributed by atoms with Gasteiger partial charge in [0.25, 0.3) is 0 Å². The van der Waals surface area contributed by atoms with E-state index in [0.717, 1.165) is 18.1 Å². The van der Waals surface area contributed by atoms with Crippen LogP contribution in [-0.2, 0) is 9.59 Å². The fraction of sp³-hybridized carbons (Fsp3) is 0.800. The first-order valence-electron chi connectivity index (χ1n) is 5.39. The summed E-state index contributed by atoms with van der Waals surface area (Å²) in [6.45, 7) is 1.09. The second-order valence-electron chi connectivity index (χ2n) is 3.85. The van der Waals surface area contributed by atoms with Gasteiger partial charge in [0.1, 0.15) is 0 Å². The van der Waals surface area contributed by atoms with E-state index < -0.39 is 0 Å². The molecule has 6 heteroatoms. The van der Waals surface area contributed by atoms with Gasteiger partial charge in [-0.1, -0.05) is 0 Å². The highest BCUT2D eigenvalue weighted by molar-refractivity contribution is 7.99. The molecule has 0 radical (unpaired) electrons. The number of rotatable bonds is 4. The Morgan fingerprint density at radius 3 is 2.88 bits per heavy atom. The fourth-order valence-corrected chi connectivity index (χ4v) is 2.45. The van der Waals surface area contributed by atoms with Crippen LogP contribution in [-0.4, -0.2) is 61.4 Å². The lowest BCUT2D eigenvalue weighted by Gasteiger charge is -2.25. The average molecular weight is 245 g/mol. The average Bonchev–Trinajstić information content (AvgIpc) is 2.30. The first-order valence-corrected chi connectivity index (χ1v) is 6.54. The molecule has 0 saturated carbocycles. The van der Waals surface area contributed by atoms with Gasteiger partial charge in [-0.15, -0.1) is 0 Å². The van der Waals surface area contributed by atoms with E-state index in [1.54, 1.807) is 14.1 Å². The standard InChI is InChI=1S/C10H19N3O2S/c1-11-9(14)6-13(2)10(15)5-8-7-16-4-3-12-8/h8,12H,3-7H2,1-2H3,(H,11,14). The number of carbonyl (C=O) groups is 2. The van der Waals surface area contributed by atoms with Crippen molar-refractivity contribution in [2.75, 3.05) is 38.7 Å². The first-order chi connectivity index (χ1) is 7.63. The summed E-state index contributed by atoms with van der Waals surface area (Å²) in [6.07, 6.45) is 0.473. The van der Waals surface area contributed by atoms with Gasteiger partial charge >= 0.3 is 0 Å². The van der Waals surface area contributed by atoms with Crippen molar-refractivity contribution < 1.29 is 9.59 Å². The normalized spacial score (nSPS) is 20.2. The van der Waals surface area contributed by atoms with Gasteiger partial charge < -0.3 is 15.5 Å². The second-order valence-corrected chi connectivity index (χ2v) is 5.00. The van der Waals surface area contributed by atoms with Crippen LogP contribution in [0.4, 0.5) is 0 Å². The van der Waals surface area contributed by atoms with Gasteiger partial charge in [0.2, 0.25) is 11.8 Å². The molecule has 0 aromatic carbocycles. The lowest BCUT2D eigenvalue weighted by molar-refractivity contribution is -0.134. The molecule has 2 N–H and O–H groups in total. The number of nitrogens with zero attached hydrogens (tertiary/aromatic N) is 1. The number of amides is 2. The van der Waals surface area contributed by atoms with Crippen molar-refractivity contribution in [1.29, 1.82) is 0 Å². The van der Waals surface area contributed by atoms with E-state index in [2.05, 4.69) is 10.6 Å². The first kappa shape index (κ1) is 13.3. The SMILES string of the molecule is CNC(=O)CN(C)C(=O)CC1CSCCN1. The van der Waals surface area contributed by atoms with Crippen molar-refractivity contribution >= 4 is 23.6 Å². The van der Waals surface area contributed by atoms with Crippen LogP contribution >= 0.6 is 11.8 Å². The van der Waals surface area contributed by atoms with Crippen LogP contribution < -0.4 is 10.6 Å². The monoisotopic (exact) mass is 245 g/mol. The van der Waals surface area contributed by atoms with Gasteiger partial charge in [-0.05, 0) is 0 Å². The Balaban J connectivity index is 2.29. The van der Waals surface area contributed by atoms with E-state index in [1.165, 1.54) is 4.90 Å². The van der Waals surface area contributed by atoms with Crippen molar-refractivity contribution in [3.05, 3.63) is 0 Å². The summed E-state index contributed by atoms with van der Waals surface area (Å²) >= 11 is 1.86. The zero-order chi connectivity index (χ0) is 12.0. The lowest BCUT2D eigenvalue weighted by Crippen LogP contribution is -2.43. The minimum Gasteiger partial charge on any atom is -0.358 e. The van der Waals surface area contributed by atoms with E-state index in [-0.39, 0.29) is 24.4 Å². The molecular weight excluding hydrogens is 226 g/mol. The summed E-state index contributed by atoms with van der Waals surface area (Å²) < 4.78 is 0. The lowest BCUT2D eigenvalue weighted by atomic mass is 10.2. The Bertz CT molecular complexity index is 254. The highest BCUT2D eigenvalue weighted by Gasteiger charge is 2.19. The van der Waals surface area contributed by atoms with E-state index in [4.69, 9.17) is 0 Å². The van der Waals surface area contributed by atoms with Crippen LogP contribution in [0.15, 0.2) is 0 Å². The predicted octanol–water partition coefficient (Wildman–Crippen LogP) is -0.714. The maximum Gasteiger partial charge on any atom is 0.239 e. The number of carbonyl (C=O) groups excluding carboxylic acids is 2. The molecular formula is C10H19N3O2S. The molecule has 0 bridgehead atoms. The molecule has 1 unspecified atom stereocenters. The van der Waals surface area contributed by atoms with Gasteiger partial charge in [0.05, 0.1) is 6.54 Å². The smallest absolute Gasteiger partial charge is 0.239 e. The molecule has 1 heterocycles. The summed E-state index contributed by atoms with van der Waals surface area (Å²) in [5.41, 5.74) is 0. The van der Waals surface area contributed by atoms with E-state index in [1.807, 2.05) is 11.8 Å². The van der Waals surface area contributed by atoms with Crippen molar-refractivity contribution in [1.82, 2.24) is 15.5 Å². The molecule has 0 aliphatic carbocycles. The zero-order valence-corrected chi connectivity index (χ0v) is 10.6. The van der Waals surface area contributed by atoms with Gasteiger partial charge in [-0.25, -0.2) is 0 Å². The van der Waals surface area contributed by atoms with Crippen molar-refractivity contribution in [2.24, 2.45) is 0 Å². The molecule has 1 saturated heterocycles. The number of likely N-dealkylation sites (N-methyl/N-ethyl adjacent to an activating group) is 2. The minimum atomic E-state index is -0.137. The summed E-state index contributed by atoms with van der Waals surface area (Å²) in [4.78, 5) is 24.3. The Morgan fingerprint density at radius 2 is 2.31 bits per heavy atom.